The Balaban J connectivity index is 1.74. The molecule has 0 aliphatic heterocycles. The van der Waals surface area contributed by atoms with Crippen molar-refractivity contribution in [3.63, 3.8) is 0 Å². The van der Waals surface area contributed by atoms with Gasteiger partial charge < -0.3 is 19.8 Å². The van der Waals surface area contributed by atoms with Gasteiger partial charge in [-0.3, -0.25) is 14.9 Å². The molecule has 0 fully saturated rings. The number of anilines is 1. The highest BCUT2D eigenvalue weighted by Crippen LogP contribution is 2.22. The van der Waals surface area contributed by atoms with Crippen LogP contribution in [0.4, 0.5) is 5.95 Å². The maximum Gasteiger partial charge on any atom is 0.252 e. The lowest BCUT2D eigenvalue weighted by Gasteiger charge is -2.17. The third kappa shape index (κ3) is 4.84. The van der Waals surface area contributed by atoms with Crippen LogP contribution in [0.1, 0.15) is 30.1 Å². The molecule has 0 spiro atoms. The molecule has 3 aromatic rings. The second-order valence-corrected chi connectivity index (χ2v) is 6.51. The van der Waals surface area contributed by atoms with Crippen molar-refractivity contribution in [3.05, 3.63) is 48.0 Å². The second kappa shape index (κ2) is 9.09. The van der Waals surface area contributed by atoms with Crippen molar-refractivity contribution in [3.8, 4) is 11.5 Å². The number of methoxy groups -OCH3 is 2. The van der Waals surface area contributed by atoms with E-state index in [2.05, 4.69) is 20.6 Å². The number of H-pyrrole nitrogens is 1. The fourth-order valence-corrected chi connectivity index (χ4v) is 2.95. The maximum absolute atomic E-state index is 12.8. The summed E-state index contributed by atoms with van der Waals surface area (Å²) in [7, 11) is 3.02. The molecule has 8 nitrogen and oxygen atoms in total. The fraction of sp³-hybridized carbons (Fsp3) is 0.286. The normalized spacial score (nSPS) is 11.7. The van der Waals surface area contributed by atoms with Crippen molar-refractivity contribution >= 4 is 28.8 Å². The van der Waals surface area contributed by atoms with Gasteiger partial charge in [-0.15, -0.1) is 0 Å². The summed E-state index contributed by atoms with van der Waals surface area (Å²) >= 11 is 0. The Morgan fingerprint density at radius 3 is 2.41 bits per heavy atom. The van der Waals surface area contributed by atoms with Gasteiger partial charge in [0.2, 0.25) is 11.9 Å². The van der Waals surface area contributed by atoms with Crippen LogP contribution in [0.5, 0.6) is 11.5 Å². The van der Waals surface area contributed by atoms with E-state index in [4.69, 9.17) is 9.47 Å². The molecule has 1 heterocycles. The summed E-state index contributed by atoms with van der Waals surface area (Å²) in [5.74, 6) is 0.602. The van der Waals surface area contributed by atoms with Gasteiger partial charge in [0.05, 0.1) is 25.3 Å². The van der Waals surface area contributed by atoms with Crippen LogP contribution in [0.2, 0.25) is 0 Å². The lowest BCUT2D eigenvalue weighted by molar-refractivity contribution is -0.118. The summed E-state index contributed by atoms with van der Waals surface area (Å²) in [6.45, 7) is 1.95. The van der Waals surface area contributed by atoms with Gasteiger partial charge in [-0.1, -0.05) is 25.5 Å². The number of nitrogens with one attached hydrogen (secondary N) is 3. The summed E-state index contributed by atoms with van der Waals surface area (Å²) in [5, 5.41) is 5.54. The number of fused-ring (bicyclic) bond motifs is 1. The number of aromatic nitrogens is 2. The SMILES string of the molecule is CCC[C@@H](NC(=O)c1cc(OC)cc(OC)c1)C(=O)Nc1nc2ccccc2[nH]1. The quantitative estimate of drug-likeness (QED) is 0.543. The molecule has 3 N–H and O–H groups in total. The van der Waals surface area contributed by atoms with Gasteiger partial charge in [0.15, 0.2) is 0 Å². The topological polar surface area (TPSA) is 105 Å². The predicted molar refractivity (Wildman–Crippen MR) is 110 cm³/mol. The first kappa shape index (κ1) is 20.2. The zero-order valence-electron chi connectivity index (χ0n) is 16.6. The highest BCUT2D eigenvalue weighted by molar-refractivity contribution is 6.01. The lowest BCUT2D eigenvalue weighted by atomic mass is 10.1. The van der Waals surface area contributed by atoms with Crippen molar-refractivity contribution in [2.24, 2.45) is 0 Å². The van der Waals surface area contributed by atoms with Gasteiger partial charge in [-0.05, 0) is 30.7 Å². The van der Waals surface area contributed by atoms with Crippen LogP contribution in [0.3, 0.4) is 0 Å². The van der Waals surface area contributed by atoms with E-state index in [1.807, 2.05) is 31.2 Å². The van der Waals surface area contributed by atoms with Crippen LogP contribution in [-0.4, -0.2) is 42.0 Å². The van der Waals surface area contributed by atoms with Gasteiger partial charge >= 0.3 is 0 Å². The molecule has 0 aliphatic rings. The van der Waals surface area contributed by atoms with Crippen molar-refractivity contribution in [1.82, 2.24) is 15.3 Å². The van der Waals surface area contributed by atoms with Gasteiger partial charge in [-0.2, -0.15) is 0 Å². The summed E-state index contributed by atoms with van der Waals surface area (Å²) in [5.41, 5.74) is 1.92. The Hall–Kier alpha value is -3.55. The molecule has 8 heteroatoms. The number of imidazole rings is 1. The fourth-order valence-electron chi connectivity index (χ4n) is 2.95. The number of aromatic amines is 1. The molecule has 152 valence electrons. The predicted octanol–water partition coefficient (Wildman–Crippen LogP) is 3.12. The van der Waals surface area contributed by atoms with Gasteiger partial charge in [0.1, 0.15) is 17.5 Å². The average Bonchev–Trinajstić information content (AvgIpc) is 3.15. The zero-order valence-corrected chi connectivity index (χ0v) is 16.6. The van der Waals surface area contributed by atoms with Crippen LogP contribution in [0.25, 0.3) is 11.0 Å². The molecule has 1 atom stereocenters. The highest BCUT2D eigenvalue weighted by Gasteiger charge is 2.22. The molecular formula is C21H24N4O4. The Kier molecular flexibility index (Phi) is 6.33. The van der Waals surface area contributed by atoms with E-state index in [1.165, 1.54) is 14.2 Å². The van der Waals surface area contributed by atoms with Crippen molar-refractivity contribution in [1.29, 1.82) is 0 Å². The van der Waals surface area contributed by atoms with Gasteiger partial charge in [0.25, 0.3) is 5.91 Å². The van der Waals surface area contributed by atoms with E-state index in [1.54, 1.807) is 18.2 Å². The zero-order chi connectivity index (χ0) is 20.8. The van der Waals surface area contributed by atoms with Crippen molar-refractivity contribution in [2.45, 2.75) is 25.8 Å². The van der Waals surface area contributed by atoms with Gasteiger partial charge in [-0.25, -0.2) is 4.98 Å². The maximum atomic E-state index is 12.8. The molecule has 0 aliphatic carbocycles. The molecular weight excluding hydrogens is 372 g/mol. The number of hydrogen-bond acceptors (Lipinski definition) is 5. The minimum absolute atomic E-state index is 0.339. The monoisotopic (exact) mass is 396 g/mol. The number of carbonyl (C=O) groups excluding carboxylic acids is 2. The molecule has 2 aromatic carbocycles. The van der Waals surface area contributed by atoms with Crippen LogP contribution >= 0.6 is 0 Å². The Labute approximate surface area is 168 Å². The number of ether oxygens (including phenoxy) is 2. The standard InChI is InChI=1S/C21H24N4O4/c1-4-7-18(20(27)25-21-23-16-8-5-6-9-17(16)24-21)22-19(26)13-10-14(28-2)12-15(11-13)29-3/h5-6,8-12,18H,4,7H2,1-3H3,(H,22,26)(H2,23,24,25,27)/t18-/m1/s1. The number of hydrogen-bond donors (Lipinski definition) is 3. The molecule has 1 aromatic heterocycles. The van der Waals surface area contributed by atoms with E-state index < -0.39 is 6.04 Å². The second-order valence-electron chi connectivity index (χ2n) is 6.51. The Morgan fingerprint density at radius 2 is 1.79 bits per heavy atom. The summed E-state index contributed by atoms with van der Waals surface area (Å²) in [6.07, 6.45) is 1.21. The van der Waals surface area contributed by atoms with E-state index in [-0.39, 0.29) is 11.8 Å². The molecule has 0 saturated carbocycles. The van der Waals surface area contributed by atoms with Gasteiger partial charge in [0, 0.05) is 11.6 Å². The largest absolute Gasteiger partial charge is 0.497 e. The lowest BCUT2D eigenvalue weighted by Crippen LogP contribution is -2.43. The van der Waals surface area contributed by atoms with Crippen LogP contribution in [0, 0.1) is 0 Å². The Morgan fingerprint density at radius 1 is 1.10 bits per heavy atom. The Bertz CT molecular complexity index is 960. The molecule has 3 rings (SSSR count). The minimum atomic E-state index is -0.710. The third-order valence-electron chi connectivity index (χ3n) is 4.44. The molecule has 0 radical (unpaired) electrons. The van der Waals surface area contributed by atoms with E-state index >= 15 is 0 Å². The number of rotatable bonds is 8. The van der Waals surface area contributed by atoms with Crippen LogP contribution in [-0.2, 0) is 4.79 Å². The molecule has 0 bridgehead atoms. The summed E-state index contributed by atoms with van der Waals surface area (Å²) < 4.78 is 10.4. The number of para-hydroxylation sites is 2. The van der Waals surface area contributed by atoms with E-state index in [0.717, 1.165) is 17.5 Å². The molecule has 2 amide bonds. The van der Waals surface area contributed by atoms with Crippen LogP contribution < -0.4 is 20.1 Å². The average molecular weight is 396 g/mol. The van der Waals surface area contributed by atoms with Crippen molar-refractivity contribution < 1.29 is 19.1 Å². The molecule has 0 unspecified atom stereocenters. The first-order valence-electron chi connectivity index (χ1n) is 9.33. The number of carbonyl (C=O) groups is 2. The van der Waals surface area contributed by atoms with E-state index in [0.29, 0.717) is 29.4 Å². The first-order valence-corrected chi connectivity index (χ1v) is 9.33. The number of nitrogens with zero attached hydrogens (tertiary/aromatic N) is 1. The first-order chi connectivity index (χ1) is 14.0. The number of benzene rings is 2. The summed E-state index contributed by atoms with van der Waals surface area (Å²) in [4.78, 5) is 32.9. The van der Waals surface area contributed by atoms with Crippen molar-refractivity contribution in [2.75, 3.05) is 19.5 Å². The molecule has 0 saturated heterocycles. The summed E-state index contributed by atoms with van der Waals surface area (Å²) in [6, 6.07) is 11.6. The number of amides is 2. The smallest absolute Gasteiger partial charge is 0.252 e. The minimum Gasteiger partial charge on any atom is -0.497 e. The molecule has 29 heavy (non-hydrogen) atoms. The van der Waals surface area contributed by atoms with Crippen LogP contribution in [0.15, 0.2) is 42.5 Å². The van der Waals surface area contributed by atoms with E-state index in [9.17, 15) is 9.59 Å². The highest BCUT2D eigenvalue weighted by atomic mass is 16.5. The third-order valence-corrected chi connectivity index (χ3v) is 4.44.